The number of rotatable bonds is 6. The third-order valence-electron chi connectivity index (χ3n) is 3.59. The average molecular weight is 269 g/mol. The second-order valence-corrected chi connectivity index (χ2v) is 5.06. The van der Waals surface area contributed by atoms with E-state index in [-0.39, 0.29) is 6.10 Å². The number of hydrogen-bond acceptors (Lipinski definition) is 5. The maximum absolute atomic E-state index is 10.00. The van der Waals surface area contributed by atoms with Crippen molar-refractivity contribution < 1.29 is 19.0 Å². The van der Waals surface area contributed by atoms with Crippen LogP contribution < -0.4 is 0 Å². The van der Waals surface area contributed by atoms with E-state index in [9.17, 15) is 5.11 Å². The second-order valence-electron chi connectivity index (χ2n) is 5.06. The first-order chi connectivity index (χ1) is 9.16. The van der Waals surface area contributed by atoms with Gasteiger partial charge in [-0.2, -0.15) is 0 Å². The lowest BCUT2D eigenvalue weighted by atomic mass is 10.1. The highest BCUT2D eigenvalue weighted by Gasteiger charge is 2.26. The first-order valence-electron chi connectivity index (χ1n) is 6.80. The van der Waals surface area contributed by atoms with Crippen LogP contribution in [0.25, 0.3) is 0 Å². The van der Waals surface area contributed by atoms with E-state index in [2.05, 4.69) is 18.7 Å². The summed E-state index contributed by atoms with van der Waals surface area (Å²) in [5.41, 5.74) is 0. The lowest BCUT2D eigenvalue weighted by Gasteiger charge is -2.38. The van der Waals surface area contributed by atoms with Gasteiger partial charge in [-0.1, -0.05) is 0 Å². The number of hydrogen-bond donors (Lipinski definition) is 1. The maximum atomic E-state index is 10.00. The zero-order valence-corrected chi connectivity index (χ0v) is 11.6. The van der Waals surface area contributed by atoms with Crippen LogP contribution in [0.5, 0.6) is 0 Å². The highest BCUT2D eigenvalue weighted by Crippen LogP contribution is 2.13. The van der Waals surface area contributed by atoms with Gasteiger partial charge in [0.1, 0.15) is 12.4 Å². The Morgan fingerprint density at radius 2 is 2.37 bits per heavy atom. The summed E-state index contributed by atoms with van der Waals surface area (Å²) in [4.78, 5) is 2.25. The normalized spacial score (nSPS) is 26.5. The van der Waals surface area contributed by atoms with Gasteiger partial charge in [-0.05, 0) is 26.0 Å². The first-order valence-corrected chi connectivity index (χ1v) is 6.80. The number of nitrogens with zero attached hydrogens (tertiary/aromatic N) is 1. The molecule has 0 saturated carbocycles. The molecule has 1 aliphatic rings. The minimum Gasteiger partial charge on any atom is -0.467 e. The minimum atomic E-state index is -0.484. The van der Waals surface area contributed by atoms with Gasteiger partial charge in [0, 0.05) is 19.1 Å². The fraction of sp³-hybridized carbons (Fsp3) is 0.714. The maximum Gasteiger partial charge on any atom is 0.129 e. The molecule has 0 spiro atoms. The standard InChI is InChI=1S/C14H23NO4/c1-11-12(2)18-7-5-15(11)8-13(16)9-17-10-14-4-3-6-19-14/h3-4,6,11-13,16H,5,7-10H2,1-2H3. The summed E-state index contributed by atoms with van der Waals surface area (Å²) in [5.74, 6) is 0.778. The molecule has 108 valence electrons. The van der Waals surface area contributed by atoms with Gasteiger partial charge in [0.15, 0.2) is 0 Å². The number of furan rings is 1. The van der Waals surface area contributed by atoms with Crippen LogP contribution in [0, 0.1) is 0 Å². The van der Waals surface area contributed by atoms with E-state index in [1.165, 1.54) is 0 Å². The molecule has 1 aromatic rings. The number of morpholine rings is 1. The van der Waals surface area contributed by atoms with Gasteiger partial charge < -0.3 is 19.0 Å². The molecule has 1 fully saturated rings. The molecule has 5 heteroatoms. The lowest BCUT2D eigenvalue weighted by Crippen LogP contribution is -2.51. The quantitative estimate of drug-likeness (QED) is 0.842. The van der Waals surface area contributed by atoms with Crippen molar-refractivity contribution in [3.63, 3.8) is 0 Å². The molecule has 0 radical (unpaired) electrons. The molecule has 5 nitrogen and oxygen atoms in total. The predicted molar refractivity (Wildman–Crippen MR) is 70.8 cm³/mol. The highest BCUT2D eigenvalue weighted by molar-refractivity contribution is 4.96. The molecule has 1 aromatic heterocycles. The Morgan fingerprint density at radius 3 is 3.11 bits per heavy atom. The van der Waals surface area contributed by atoms with Crippen molar-refractivity contribution in [3.05, 3.63) is 24.2 Å². The van der Waals surface area contributed by atoms with Crippen LogP contribution >= 0.6 is 0 Å². The zero-order valence-electron chi connectivity index (χ0n) is 11.6. The van der Waals surface area contributed by atoms with E-state index in [4.69, 9.17) is 13.9 Å². The van der Waals surface area contributed by atoms with Crippen molar-refractivity contribution in [3.8, 4) is 0 Å². The van der Waals surface area contributed by atoms with Gasteiger partial charge in [-0.25, -0.2) is 0 Å². The molecule has 0 bridgehead atoms. The van der Waals surface area contributed by atoms with E-state index in [1.54, 1.807) is 6.26 Å². The van der Waals surface area contributed by atoms with Crippen molar-refractivity contribution >= 4 is 0 Å². The zero-order chi connectivity index (χ0) is 13.7. The molecule has 0 aliphatic carbocycles. The van der Waals surface area contributed by atoms with Crippen molar-refractivity contribution in [2.75, 3.05) is 26.3 Å². The Labute approximate surface area is 114 Å². The van der Waals surface area contributed by atoms with Crippen molar-refractivity contribution in [2.24, 2.45) is 0 Å². The highest BCUT2D eigenvalue weighted by atomic mass is 16.5. The minimum absolute atomic E-state index is 0.213. The molecule has 3 unspecified atom stereocenters. The summed E-state index contributed by atoms with van der Waals surface area (Å²) in [6, 6.07) is 4.01. The Balaban J connectivity index is 1.67. The van der Waals surface area contributed by atoms with Gasteiger partial charge in [-0.3, -0.25) is 4.90 Å². The summed E-state index contributed by atoms with van der Waals surface area (Å²) >= 11 is 0. The molecule has 3 atom stereocenters. The van der Waals surface area contributed by atoms with Gasteiger partial charge in [0.25, 0.3) is 0 Å². The Morgan fingerprint density at radius 1 is 1.53 bits per heavy atom. The summed E-state index contributed by atoms with van der Waals surface area (Å²) in [7, 11) is 0. The lowest BCUT2D eigenvalue weighted by molar-refractivity contribution is -0.0762. The van der Waals surface area contributed by atoms with E-state index in [0.717, 1.165) is 18.9 Å². The molecule has 0 amide bonds. The molecule has 19 heavy (non-hydrogen) atoms. The van der Waals surface area contributed by atoms with E-state index >= 15 is 0 Å². The van der Waals surface area contributed by atoms with E-state index < -0.39 is 6.10 Å². The first kappa shape index (κ1) is 14.5. The summed E-state index contributed by atoms with van der Waals surface area (Å²) in [6.07, 6.45) is 1.35. The molecule has 2 heterocycles. The van der Waals surface area contributed by atoms with Crippen molar-refractivity contribution in [2.45, 2.75) is 38.7 Å². The number of β-amino-alcohol motifs (C(OH)–C–C–N with tert-alkyl or cyclic N) is 1. The van der Waals surface area contributed by atoms with Crippen LogP contribution in [0.3, 0.4) is 0 Å². The van der Waals surface area contributed by atoms with Gasteiger partial charge in [-0.15, -0.1) is 0 Å². The Kier molecular flexibility index (Phi) is 5.39. The monoisotopic (exact) mass is 269 g/mol. The second kappa shape index (κ2) is 7.05. The largest absolute Gasteiger partial charge is 0.467 e. The molecule has 2 rings (SSSR count). The average Bonchev–Trinajstić information content (AvgIpc) is 2.88. The van der Waals surface area contributed by atoms with Crippen molar-refractivity contribution in [1.29, 1.82) is 0 Å². The van der Waals surface area contributed by atoms with E-state index in [0.29, 0.717) is 25.8 Å². The van der Waals surface area contributed by atoms with Gasteiger partial charge in [0.05, 0.1) is 31.7 Å². The number of aliphatic hydroxyl groups excluding tert-OH is 1. The van der Waals surface area contributed by atoms with Crippen LogP contribution in [0.2, 0.25) is 0 Å². The van der Waals surface area contributed by atoms with Crippen LogP contribution in [0.1, 0.15) is 19.6 Å². The molecule has 1 N–H and O–H groups in total. The van der Waals surface area contributed by atoms with Crippen molar-refractivity contribution in [1.82, 2.24) is 4.90 Å². The fourth-order valence-electron chi connectivity index (χ4n) is 2.27. The molecule has 0 aromatic carbocycles. The van der Waals surface area contributed by atoms with Crippen LogP contribution in [-0.4, -0.2) is 54.6 Å². The van der Waals surface area contributed by atoms with Crippen LogP contribution in [-0.2, 0) is 16.1 Å². The number of ether oxygens (including phenoxy) is 2. The topological polar surface area (TPSA) is 55.1 Å². The van der Waals surface area contributed by atoms with Crippen LogP contribution in [0.15, 0.2) is 22.8 Å². The van der Waals surface area contributed by atoms with Crippen LogP contribution in [0.4, 0.5) is 0 Å². The molecular weight excluding hydrogens is 246 g/mol. The van der Waals surface area contributed by atoms with Gasteiger partial charge in [0.2, 0.25) is 0 Å². The summed E-state index contributed by atoms with van der Waals surface area (Å²) < 4.78 is 16.2. The molecule has 1 saturated heterocycles. The third-order valence-corrected chi connectivity index (χ3v) is 3.59. The molecule has 1 aliphatic heterocycles. The Bertz CT molecular complexity index is 354. The predicted octanol–water partition coefficient (Wildman–Crippen LogP) is 1.27. The fourth-order valence-corrected chi connectivity index (χ4v) is 2.27. The van der Waals surface area contributed by atoms with E-state index in [1.807, 2.05) is 12.1 Å². The third kappa shape index (κ3) is 4.31. The van der Waals surface area contributed by atoms with Gasteiger partial charge >= 0.3 is 0 Å². The Hall–Kier alpha value is -0.880. The summed E-state index contributed by atoms with van der Waals surface area (Å²) in [6.45, 7) is 7.12. The smallest absolute Gasteiger partial charge is 0.129 e. The number of aliphatic hydroxyl groups is 1. The summed E-state index contributed by atoms with van der Waals surface area (Å²) in [5, 5.41) is 10.00. The molecular formula is C14H23NO4. The SMILES string of the molecule is CC1OCCN(CC(O)COCc2ccco2)C1C.